The van der Waals surface area contributed by atoms with E-state index in [-0.39, 0.29) is 17.3 Å². The van der Waals surface area contributed by atoms with E-state index in [1.165, 1.54) is 23.9 Å². The van der Waals surface area contributed by atoms with Gasteiger partial charge in [0, 0.05) is 15.1 Å². The van der Waals surface area contributed by atoms with Crippen LogP contribution in [0.25, 0.3) is 5.69 Å². The van der Waals surface area contributed by atoms with Crippen molar-refractivity contribution in [3.8, 4) is 17.2 Å². The molecule has 0 saturated carbocycles. The van der Waals surface area contributed by atoms with Crippen molar-refractivity contribution in [1.82, 2.24) is 14.8 Å². The number of benzene rings is 3. The van der Waals surface area contributed by atoms with Crippen molar-refractivity contribution in [2.45, 2.75) is 30.9 Å². The standard InChI is InChI=1S/C26H23Br2FN4O4S/c1-3-36-23-13-18(12-22(28)25(23)37-15-17-4-6-19(27)7-5-17)24(14-32(34)35)38-26-31-30-16(2)33(26)21-10-8-20(29)9-11-21/h4-13,24H,3,14-15H2,1-2H3/t24-/m0/s1. The molecule has 8 nitrogen and oxygen atoms in total. The van der Waals surface area contributed by atoms with Crippen LogP contribution >= 0.6 is 43.6 Å². The first kappa shape index (κ1) is 28.1. The summed E-state index contributed by atoms with van der Waals surface area (Å²) in [7, 11) is 0. The van der Waals surface area contributed by atoms with Gasteiger partial charge in [0.05, 0.1) is 11.1 Å². The quantitative estimate of drug-likeness (QED) is 0.0941. The van der Waals surface area contributed by atoms with E-state index < -0.39 is 5.25 Å². The summed E-state index contributed by atoms with van der Waals surface area (Å²) >= 11 is 8.20. The molecule has 4 rings (SSSR count). The Morgan fingerprint density at radius 3 is 2.45 bits per heavy atom. The van der Waals surface area contributed by atoms with Gasteiger partial charge in [-0.1, -0.05) is 39.8 Å². The van der Waals surface area contributed by atoms with Gasteiger partial charge >= 0.3 is 0 Å². The first-order chi connectivity index (χ1) is 18.2. The third-order valence-corrected chi connectivity index (χ3v) is 7.74. The van der Waals surface area contributed by atoms with Gasteiger partial charge in [0.25, 0.3) is 0 Å². The SMILES string of the molecule is CCOc1cc([C@H](C[N+](=O)[O-])Sc2nnc(C)n2-c2ccc(F)cc2)cc(Br)c1OCc1ccc(Br)cc1. The molecule has 1 atom stereocenters. The van der Waals surface area contributed by atoms with Crippen LogP contribution in [0.2, 0.25) is 0 Å². The number of ether oxygens (including phenoxy) is 2. The topological polar surface area (TPSA) is 92.3 Å². The zero-order valence-electron chi connectivity index (χ0n) is 20.4. The van der Waals surface area contributed by atoms with E-state index in [0.29, 0.717) is 51.4 Å². The molecule has 198 valence electrons. The number of aromatic nitrogens is 3. The largest absolute Gasteiger partial charge is 0.490 e. The van der Waals surface area contributed by atoms with Gasteiger partial charge in [-0.3, -0.25) is 14.7 Å². The molecule has 3 aromatic carbocycles. The summed E-state index contributed by atoms with van der Waals surface area (Å²) in [6.07, 6.45) is 0. The maximum Gasteiger partial charge on any atom is 0.220 e. The molecule has 4 aromatic rings. The summed E-state index contributed by atoms with van der Waals surface area (Å²) in [5, 5.41) is 19.9. The summed E-state index contributed by atoms with van der Waals surface area (Å²) < 4.78 is 28.8. The van der Waals surface area contributed by atoms with E-state index in [0.717, 1.165) is 10.0 Å². The molecular formula is C26H23Br2FN4O4S. The second kappa shape index (κ2) is 12.7. The van der Waals surface area contributed by atoms with Gasteiger partial charge in [0.15, 0.2) is 16.7 Å². The Labute approximate surface area is 240 Å². The Kier molecular flexibility index (Phi) is 9.40. The molecule has 1 aromatic heterocycles. The molecule has 0 unspecified atom stereocenters. The molecule has 0 aliphatic heterocycles. The van der Waals surface area contributed by atoms with Gasteiger partial charge in [-0.25, -0.2) is 4.39 Å². The van der Waals surface area contributed by atoms with Crippen LogP contribution in [0, 0.1) is 22.9 Å². The van der Waals surface area contributed by atoms with Gasteiger partial charge in [-0.05, 0) is 89.4 Å². The smallest absolute Gasteiger partial charge is 0.220 e. The van der Waals surface area contributed by atoms with Gasteiger partial charge in [-0.15, -0.1) is 10.2 Å². The number of thioether (sulfide) groups is 1. The predicted molar refractivity (Wildman–Crippen MR) is 150 cm³/mol. The van der Waals surface area contributed by atoms with Crippen molar-refractivity contribution in [1.29, 1.82) is 0 Å². The van der Waals surface area contributed by atoms with Crippen LogP contribution in [-0.4, -0.2) is 32.8 Å². The lowest BCUT2D eigenvalue weighted by molar-refractivity contribution is -0.479. The van der Waals surface area contributed by atoms with Crippen LogP contribution < -0.4 is 9.47 Å². The van der Waals surface area contributed by atoms with E-state index in [1.807, 2.05) is 31.2 Å². The van der Waals surface area contributed by atoms with E-state index in [4.69, 9.17) is 9.47 Å². The van der Waals surface area contributed by atoms with Crippen LogP contribution in [0.5, 0.6) is 11.5 Å². The fraction of sp³-hybridized carbons (Fsp3) is 0.231. The Hall–Kier alpha value is -2.96. The molecule has 0 bridgehead atoms. The number of hydrogen-bond donors (Lipinski definition) is 0. The molecule has 0 aliphatic rings. The van der Waals surface area contributed by atoms with Gasteiger partial charge in [0.1, 0.15) is 23.5 Å². The lowest BCUT2D eigenvalue weighted by Gasteiger charge is -2.19. The average Bonchev–Trinajstić information content (AvgIpc) is 3.24. The molecule has 38 heavy (non-hydrogen) atoms. The molecule has 12 heteroatoms. The van der Waals surface area contributed by atoms with Crippen molar-refractivity contribution in [3.05, 3.63) is 102 Å². The predicted octanol–water partition coefficient (Wildman–Crippen LogP) is 7.33. The maximum absolute atomic E-state index is 13.5. The highest BCUT2D eigenvalue weighted by molar-refractivity contribution is 9.10. The van der Waals surface area contributed by atoms with Crippen molar-refractivity contribution < 1.29 is 18.8 Å². The van der Waals surface area contributed by atoms with Gasteiger partial charge in [-0.2, -0.15) is 0 Å². The number of aryl methyl sites for hydroxylation is 1. The molecule has 0 N–H and O–H groups in total. The average molecular weight is 666 g/mol. The molecule has 0 amide bonds. The molecule has 0 saturated heterocycles. The lowest BCUT2D eigenvalue weighted by atomic mass is 10.1. The maximum atomic E-state index is 13.5. The minimum absolute atomic E-state index is 0.318. The van der Waals surface area contributed by atoms with E-state index in [2.05, 4.69) is 42.1 Å². The highest BCUT2D eigenvalue weighted by atomic mass is 79.9. The van der Waals surface area contributed by atoms with Crippen LogP contribution in [0.1, 0.15) is 29.1 Å². The number of nitro groups is 1. The Balaban J connectivity index is 1.66. The fourth-order valence-corrected chi connectivity index (χ4v) is 5.69. The molecular weight excluding hydrogens is 643 g/mol. The van der Waals surface area contributed by atoms with Gasteiger partial charge in [0.2, 0.25) is 6.54 Å². The number of hydrogen-bond acceptors (Lipinski definition) is 7. The third-order valence-electron chi connectivity index (χ3n) is 5.44. The lowest BCUT2D eigenvalue weighted by Crippen LogP contribution is -2.12. The highest BCUT2D eigenvalue weighted by Crippen LogP contribution is 2.43. The van der Waals surface area contributed by atoms with Crippen molar-refractivity contribution >= 4 is 43.6 Å². The van der Waals surface area contributed by atoms with E-state index in [1.54, 1.807) is 35.8 Å². The summed E-state index contributed by atoms with van der Waals surface area (Å²) in [5.74, 6) is 1.19. The van der Waals surface area contributed by atoms with Crippen LogP contribution in [0.15, 0.2) is 74.8 Å². The second-order valence-electron chi connectivity index (χ2n) is 8.14. The molecule has 0 aliphatic carbocycles. The molecule has 0 spiro atoms. The van der Waals surface area contributed by atoms with Crippen LogP contribution in [0.3, 0.4) is 0 Å². The first-order valence-corrected chi connectivity index (χ1v) is 14.0. The van der Waals surface area contributed by atoms with Crippen LogP contribution in [-0.2, 0) is 6.61 Å². The van der Waals surface area contributed by atoms with E-state index in [9.17, 15) is 14.5 Å². The summed E-state index contributed by atoms with van der Waals surface area (Å²) in [5.41, 5.74) is 2.29. The Bertz CT molecular complexity index is 1420. The first-order valence-electron chi connectivity index (χ1n) is 11.5. The minimum Gasteiger partial charge on any atom is -0.490 e. The zero-order valence-corrected chi connectivity index (χ0v) is 24.4. The Morgan fingerprint density at radius 1 is 1.08 bits per heavy atom. The van der Waals surface area contributed by atoms with E-state index >= 15 is 0 Å². The van der Waals surface area contributed by atoms with Crippen molar-refractivity contribution in [2.24, 2.45) is 0 Å². The molecule has 1 heterocycles. The fourth-order valence-electron chi connectivity index (χ4n) is 3.69. The summed E-state index contributed by atoms with van der Waals surface area (Å²) in [4.78, 5) is 11.3. The molecule has 0 radical (unpaired) electrons. The summed E-state index contributed by atoms with van der Waals surface area (Å²) in [6.45, 7) is 3.96. The number of halogens is 3. The number of rotatable bonds is 11. The monoisotopic (exact) mass is 664 g/mol. The van der Waals surface area contributed by atoms with Crippen LogP contribution in [0.4, 0.5) is 4.39 Å². The zero-order chi connectivity index (χ0) is 27.2. The van der Waals surface area contributed by atoms with Crippen molar-refractivity contribution in [2.75, 3.05) is 13.2 Å². The number of nitrogens with zero attached hydrogens (tertiary/aromatic N) is 4. The molecule has 0 fully saturated rings. The summed E-state index contributed by atoms with van der Waals surface area (Å²) in [6, 6.07) is 17.2. The van der Waals surface area contributed by atoms with Crippen molar-refractivity contribution in [3.63, 3.8) is 0 Å². The van der Waals surface area contributed by atoms with Gasteiger partial charge < -0.3 is 9.47 Å². The highest BCUT2D eigenvalue weighted by Gasteiger charge is 2.26. The third kappa shape index (κ3) is 6.91. The second-order valence-corrected chi connectivity index (χ2v) is 11.1. The minimum atomic E-state index is -0.621. The normalized spacial score (nSPS) is 11.8. The Morgan fingerprint density at radius 2 is 1.79 bits per heavy atom.